The quantitative estimate of drug-likeness (QED) is 0.805. The van der Waals surface area contributed by atoms with Crippen molar-refractivity contribution < 1.29 is 18.3 Å². The van der Waals surface area contributed by atoms with Crippen LogP contribution in [0.25, 0.3) is 0 Å². The van der Waals surface area contributed by atoms with Gasteiger partial charge in [0.25, 0.3) is 0 Å². The van der Waals surface area contributed by atoms with Crippen LogP contribution in [0.3, 0.4) is 0 Å². The van der Waals surface area contributed by atoms with Crippen LogP contribution >= 0.6 is 0 Å². The summed E-state index contributed by atoms with van der Waals surface area (Å²) in [6, 6.07) is -0.734. The van der Waals surface area contributed by atoms with E-state index in [0.717, 1.165) is 6.42 Å². The number of halogens is 3. The van der Waals surface area contributed by atoms with Gasteiger partial charge in [-0.3, -0.25) is 10.00 Å². The molecular weight excluding hydrogens is 235 g/mol. The lowest BCUT2D eigenvalue weighted by molar-refractivity contribution is -0.126. The van der Waals surface area contributed by atoms with E-state index in [2.05, 4.69) is 10.4 Å². The van der Waals surface area contributed by atoms with Gasteiger partial charge in [0, 0.05) is 18.3 Å². The number of aliphatic hydroxyl groups excluding tert-OH is 1. The standard InChI is InChI=1S/C10H16F3N3O/c1-2-3-16-5-8(4-15-16)9(6-17)14-7-10(11,12)13/h4-5,9,14,17H,2-3,6-7H2,1H3. The van der Waals surface area contributed by atoms with Crippen LogP contribution in [-0.4, -0.2) is 34.2 Å². The third kappa shape index (κ3) is 4.74. The van der Waals surface area contributed by atoms with Gasteiger partial charge in [-0.15, -0.1) is 0 Å². The van der Waals surface area contributed by atoms with Gasteiger partial charge in [0.05, 0.1) is 25.4 Å². The molecule has 17 heavy (non-hydrogen) atoms. The maximum atomic E-state index is 12.0. The molecule has 2 N–H and O–H groups in total. The van der Waals surface area contributed by atoms with Gasteiger partial charge in [0.1, 0.15) is 0 Å². The molecular formula is C10H16F3N3O. The average Bonchev–Trinajstić information content (AvgIpc) is 2.66. The van der Waals surface area contributed by atoms with Crippen molar-refractivity contribution in [2.75, 3.05) is 13.2 Å². The molecule has 0 fully saturated rings. The molecule has 0 aromatic carbocycles. The number of hydrogen-bond donors (Lipinski definition) is 2. The van der Waals surface area contributed by atoms with Crippen LogP contribution in [0.15, 0.2) is 12.4 Å². The summed E-state index contributed by atoms with van der Waals surface area (Å²) >= 11 is 0. The minimum atomic E-state index is -4.28. The number of hydrogen-bond acceptors (Lipinski definition) is 3. The van der Waals surface area contributed by atoms with E-state index in [1.807, 2.05) is 6.92 Å². The summed E-state index contributed by atoms with van der Waals surface area (Å²) in [6.07, 6.45) is -0.276. The number of nitrogens with zero attached hydrogens (tertiary/aromatic N) is 2. The zero-order valence-electron chi connectivity index (χ0n) is 9.54. The van der Waals surface area contributed by atoms with Crippen molar-refractivity contribution in [1.82, 2.24) is 15.1 Å². The fourth-order valence-corrected chi connectivity index (χ4v) is 1.44. The van der Waals surface area contributed by atoms with Gasteiger partial charge in [-0.25, -0.2) is 0 Å². The molecule has 98 valence electrons. The van der Waals surface area contributed by atoms with Crippen molar-refractivity contribution in [3.63, 3.8) is 0 Å². The molecule has 0 amide bonds. The molecule has 0 aliphatic heterocycles. The predicted molar refractivity (Wildman–Crippen MR) is 56.4 cm³/mol. The van der Waals surface area contributed by atoms with Crippen LogP contribution in [0, 0.1) is 0 Å². The smallest absolute Gasteiger partial charge is 0.394 e. The summed E-state index contributed by atoms with van der Waals surface area (Å²) in [7, 11) is 0. The Balaban J connectivity index is 2.59. The second kappa shape index (κ2) is 6.02. The highest BCUT2D eigenvalue weighted by atomic mass is 19.4. The monoisotopic (exact) mass is 251 g/mol. The molecule has 1 heterocycles. The highest BCUT2D eigenvalue weighted by Crippen LogP contribution is 2.17. The molecule has 0 saturated carbocycles. The van der Waals surface area contributed by atoms with E-state index in [4.69, 9.17) is 5.11 Å². The van der Waals surface area contributed by atoms with Crippen LogP contribution in [0.1, 0.15) is 24.9 Å². The first-order chi connectivity index (χ1) is 7.96. The Morgan fingerprint density at radius 2 is 2.24 bits per heavy atom. The Kier molecular flexibility index (Phi) is 4.95. The highest BCUT2D eigenvalue weighted by molar-refractivity contribution is 5.10. The zero-order chi connectivity index (χ0) is 12.9. The van der Waals surface area contributed by atoms with Crippen molar-refractivity contribution in [2.45, 2.75) is 32.1 Å². The molecule has 0 saturated heterocycles. The summed E-state index contributed by atoms with van der Waals surface area (Å²) in [5.41, 5.74) is 0.560. The highest BCUT2D eigenvalue weighted by Gasteiger charge is 2.28. The molecule has 0 aliphatic carbocycles. The fourth-order valence-electron chi connectivity index (χ4n) is 1.44. The number of alkyl halides is 3. The van der Waals surface area contributed by atoms with Crippen molar-refractivity contribution in [3.05, 3.63) is 18.0 Å². The van der Waals surface area contributed by atoms with Gasteiger partial charge >= 0.3 is 6.18 Å². The molecule has 1 rings (SSSR count). The molecule has 1 unspecified atom stereocenters. The molecule has 1 aromatic rings. The van der Waals surface area contributed by atoms with Crippen molar-refractivity contribution in [3.8, 4) is 0 Å². The molecule has 0 radical (unpaired) electrons. The summed E-state index contributed by atoms with van der Waals surface area (Å²) in [5, 5.41) is 15.3. The number of nitrogens with one attached hydrogen (secondary N) is 1. The Labute approximate surface area is 97.4 Å². The Morgan fingerprint density at radius 3 is 2.76 bits per heavy atom. The lowest BCUT2D eigenvalue weighted by Crippen LogP contribution is -2.33. The fraction of sp³-hybridized carbons (Fsp3) is 0.700. The van der Waals surface area contributed by atoms with Gasteiger partial charge in [0.15, 0.2) is 0 Å². The first-order valence-corrected chi connectivity index (χ1v) is 5.39. The van der Waals surface area contributed by atoms with Gasteiger partial charge < -0.3 is 5.11 Å². The third-order valence-corrected chi connectivity index (χ3v) is 2.24. The Hall–Kier alpha value is -1.08. The lowest BCUT2D eigenvalue weighted by Gasteiger charge is -2.15. The number of rotatable bonds is 6. The minimum absolute atomic E-state index is 0.395. The Bertz CT molecular complexity index is 338. The van der Waals surface area contributed by atoms with Gasteiger partial charge in [0.2, 0.25) is 0 Å². The van der Waals surface area contributed by atoms with Gasteiger partial charge in [-0.2, -0.15) is 18.3 Å². The van der Waals surface area contributed by atoms with Gasteiger partial charge in [-0.1, -0.05) is 6.92 Å². The van der Waals surface area contributed by atoms with E-state index >= 15 is 0 Å². The van der Waals surface area contributed by atoms with Crippen LogP contribution in [0.4, 0.5) is 13.2 Å². The third-order valence-electron chi connectivity index (χ3n) is 2.24. The van der Waals surface area contributed by atoms with Crippen LogP contribution in [0.5, 0.6) is 0 Å². The SMILES string of the molecule is CCCn1cc(C(CO)NCC(F)(F)F)cn1. The second-order valence-corrected chi connectivity index (χ2v) is 3.77. The van der Waals surface area contributed by atoms with E-state index in [0.29, 0.717) is 12.1 Å². The largest absolute Gasteiger partial charge is 0.401 e. The summed E-state index contributed by atoms with van der Waals surface area (Å²) in [4.78, 5) is 0. The molecule has 0 aliphatic rings. The van der Waals surface area contributed by atoms with Crippen LogP contribution < -0.4 is 5.32 Å². The summed E-state index contributed by atoms with van der Waals surface area (Å²) < 4.78 is 37.7. The van der Waals surface area contributed by atoms with E-state index in [9.17, 15) is 13.2 Å². The molecule has 1 atom stereocenters. The number of aryl methyl sites for hydroxylation is 1. The van der Waals surface area contributed by atoms with Crippen LogP contribution in [0.2, 0.25) is 0 Å². The minimum Gasteiger partial charge on any atom is -0.394 e. The van der Waals surface area contributed by atoms with Crippen molar-refractivity contribution >= 4 is 0 Å². The molecule has 0 spiro atoms. The number of aliphatic hydroxyl groups is 1. The van der Waals surface area contributed by atoms with E-state index in [1.54, 1.807) is 10.9 Å². The summed E-state index contributed by atoms with van der Waals surface area (Å²) in [6.45, 7) is 1.16. The van der Waals surface area contributed by atoms with E-state index < -0.39 is 25.4 Å². The predicted octanol–water partition coefficient (Wildman–Crippen LogP) is 1.48. The van der Waals surface area contributed by atoms with Crippen molar-refractivity contribution in [1.29, 1.82) is 0 Å². The molecule has 7 heteroatoms. The molecule has 4 nitrogen and oxygen atoms in total. The second-order valence-electron chi connectivity index (χ2n) is 3.77. The number of aromatic nitrogens is 2. The van der Waals surface area contributed by atoms with Gasteiger partial charge in [-0.05, 0) is 6.42 Å². The van der Waals surface area contributed by atoms with Crippen LogP contribution in [-0.2, 0) is 6.54 Å². The van der Waals surface area contributed by atoms with E-state index in [-0.39, 0.29) is 0 Å². The normalized spacial score (nSPS) is 13.9. The first kappa shape index (κ1) is 14.0. The summed E-state index contributed by atoms with van der Waals surface area (Å²) in [5.74, 6) is 0. The Morgan fingerprint density at radius 1 is 1.53 bits per heavy atom. The lowest BCUT2D eigenvalue weighted by atomic mass is 10.2. The maximum Gasteiger partial charge on any atom is 0.401 e. The maximum absolute atomic E-state index is 12.0. The van der Waals surface area contributed by atoms with Crippen molar-refractivity contribution in [2.24, 2.45) is 0 Å². The first-order valence-electron chi connectivity index (χ1n) is 5.39. The molecule has 1 aromatic heterocycles. The molecule has 0 bridgehead atoms. The average molecular weight is 251 g/mol. The zero-order valence-corrected chi connectivity index (χ0v) is 9.54. The topological polar surface area (TPSA) is 50.1 Å². The van der Waals surface area contributed by atoms with E-state index in [1.165, 1.54) is 6.20 Å².